The molecule has 0 atom stereocenters. The number of thioether (sulfide) groups is 2. The Kier molecular flexibility index (Phi) is 10.7. The van der Waals surface area contributed by atoms with E-state index in [1.165, 1.54) is 9.81 Å². The topological polar surface area (TPSA) is 115 Å². The van der Waals surface area contributed by atoms with E-state index >= 15 is 0 Å². The maximum Gasteiger partial charge on any atom is 0.270 e. The van der Waals surface area contributed by atoms with Gasteiger partial charge in [0.05, 0.1) is 36.0 Å². The molecule has 0 saturated heterocycles. The van der Waals surface area contributed by atoms with Crippen LogP contribution in [-0.4, -0.2) is 18.2 Å². The van der Waals surface area contributed by atoms with Crippen LogP contribution in [0.15, 0.2) is 149 Å². The zero-order chi connectivity index (χ0) is 46.1. The minimum absolute atomic E-state index is 0.0985. The van der Waals surface area contributed by atoms with Crippen LogP contribution < -0.4 is 10.7 Å². The number of nitrogens with zero attached hydrogens (tertiary/aromatic N) is 6. The van der Waals surface area contributed by atoms with Gasteiger partial charge in [0.1, 0.15) is 6.67 Å². The second-order valence-electron chi connectivity index (χ2n) is 15.5. The summed E-state index contributed by atoms with van der Waals surface area (Å²) in [4.78, 5) is 54.6. The van der Waals surface area contributed by atoms with Gasteiger partial charge in [0, 0.05) is 97.6 Å². The summed E-state index contributed by atoms with van der Waals surface area (Å²) in [6.45, 7) is 19.9. The highest BCUT2D eigenvalue weighted by Crippen LogP contribution is 2.58. The number of ketones is 2. The van der Waals surface area contributed by atoms with Gasteiger partial charge in [0.15, 0.2) is 11.6 Å². The predicted octanol–water partition coefficient (Wildman–Crippen LogP) is 14.1. The summed E-state index contributed by atoms with van der Waals surface area (Å²) >= 11 is 10.1. The number of rotatable bonds is 6. The standard InChI is InChI=1S/C53H26N6O2S6/c1-26(2)53-66-51-45(41-19-17-39(64-41)37-15-13-27(62-37)21-33-43(35(23-54)56-3)29-9-5-7-11-31(29)49(33)60)47-48(59-25-58-47)46(52(51)67-53)42-20-18-40(65-42)38-16-14-28(63-38)22-34-44(36(24-55)57-4)30-10-6-8-12-32(30)50(34)61/h5-22H,25H2,1-2H3/b33-21-,34-22-,43-35-,44-36+. The van der Waals surface area contributed by atoms with Crippen molar-refractivity contribution in [3.8, 4) is 52.5 Å². The summed E-state index contributed by atoms with van der Waals surface area (Å²) < 4.78 is 1.23. The highest BCUT2D eigenvalue weighted by molar-refractivity contribution is 8.24. The van der Waals surface area contributed by atoms with E-state index in [1.807, 2.05) is 36.4 Å². The van der Waals surface area contributed by atoms with Crippen LogP contribution in [0.25, 0.3) is 73.4 Å². The van der Waals surface area contributed by atoms with E-state index in [0.717, 1.165) is 70.6 Å². The van der Waals surface area contributed by atoms with Gasteiger partial charge in [-0.15, -0.1) is 45.3 Å². The van der Waals surface area contributed by atoms with Gasteiger partial charge in [0.2, 0.25) is 0 Å². The molecule has 67 heavy (non-hydrogen) atoms. The van der Waals surface area contributed by atoms with Crippen molar-refractivity contribution in [3.63, 3.8) is 0 Å². The van der Waals surface area contributed by atoms with Crippen molar-refractivity contribution >= 4 is 104 Å². The molecule has 0 N–H and O–H groups in total. The van der Waals surface area contributed by atoms with Gasteiger partial charge in [-0.2, -0.15) is 0 Å². The van der Waals surface area contributed by atoms with Crippen molar-refractivity contribution in [2.75, 3.05) is 6.67 Å². The van der Waals surface area contributed by atoms with Crippen molar-refractivity contribution in [1.82, 2.24) is 0 Å². The number of hydrogen-bond donors (Lipinski definition) is 0. The van der Waals surface area contributed by atoms with Gasteiger partial charge in [-0.1, -0.05) is 77.6 Å². The van der Waals surface area contributed by atoms with Crippen LogP contribution in [0.4, 0.5) is 0 Å². The molecule has 316 valence electrons. The first-order valence-electron chi connectivity index (χ1n) is 20.5. The molecule has 0 saturated carbocycles. The smallest absolute Gasteiger partial charge is 0.270 e. The van der Waals surface area contributed by atoms with Gasteiger partial charge in [-0.25, -0.2) is 20.2 Å². The van der Waals surface area contributed by atoms with E-state index < -0.39 is 0 Å². The molecule has 4 aromatic heterocycles. The number of benzene rings is 3. The third-order valence-electron chi connectivity index (χ3n) is 11.4. The first-order chi connectivity index (χ1) is 32.7. The highest BCUT2D eigenvalue weighted by Gasteiger charge is 2.35. The summed E-state index contributed by atoms with van der Waals surface area (Å²) in [6.07, 6.45) is 3.61. The summed E-state index contributed by atoms with van der Waals surface area (Å²) in [6, 6.07) is 34.9. The number of carbonyl (C=O) groups excluding carboxylic acids is 2. The fourth-order valence-corrected chi connectivity index (χ4v) is 15.5. The van der Waals surface area contributed by atoms with Crippen molar-refractivity contribution in [2.45, 2.75) is 23.6 Å². The molecule has 0 spiro atoms. The highest BCUT2D eigenvalue weighted by atomic mass is 32.2. The first kappa shape index (κ1) is 42.4. The molecule has 2 aliphatic carbocycles. The molecule has 0 unspecified atom stereocenters. The average Bonchev–Trinajstić information content (AvgIpc) is 4.21. The largest absolute Gasteiger partial charge is 0.289 e. The summed E-state index contributed by atoms with van der Waals surface area (Å²) in [5.41, 5.74) is 6.89. The minimum Gasteiger partial charge on any atom is -0.289 e. The number of Topliss-reactive ketones (excluding diaryl/α,β-unsaturated/α-hetero) is 2. The molecule has 11 rings (SSSR count). The number of thiophene rings is 4. The summed E-state index contributed by atoms with van der Waals surface area (Å²) in [5.74, 6) is -0.386. The maximum absolute atomic E-state index is 13.6. The quantitative estimate of drug-likeness (QED) is 0.0931. The van der Waals surface area contributed by atoms with Crippen LogP contribution >= 0.6 is 68.9 Å². The maximum atomic E-state index is 13.6. The van der Waals surface area contributed by atoms with Gasteiger partial charge in [-0.05, 0) is 85.7 Å². The molecule has 3 aromatic carbocycles. The third kappa shape index (κ3) is 6.97. The van der Waals surface area contributed by atoms with Crippen LogP contribution in [0.3, 0.4) is 0 Å². The second kappa shape index (κ2) is 16.9. The number of hydrogen-bond acceptors (Lipinski definition) is 12. The number of allylic oxidation sites excluding steroid dienone is 7. The van der Waals surface area contributed by atoms with Crippen molar-refractivity contribution in [2.24, 2.45) is 9.98 Å². The molecule has 8 nitrogen and oxygen atoms in total. The second-order valence-corrected chi connectivity index (χ2v) is 22.2. The lowest BCUT2D eigenvalue weighted by atomic mass is 10.0. The van der Waals surface area contributed by atoms with Crippen molar-refractivity contribution < 1.29 is 9.59 Å². The zero-order valence-electron chi connectivity index (χ0n) is 35.0. The molecule has 0 amide bonds. The summed E-state index contributed by atoms with van der Waals surface area (Å²) in [7, 11) is 0. The first-order valence-corrected chi connectivity index (χ1v) is 25.4. The van der Waals surface area contributed by atoms with Crippen molar-refractivity contribution in [3.05, 3.63) is 195 Å². The molecular weight excluding hydrogens is 945 g/mol. The van der Waals surface area contributed by atoms with Gasteiger partial charge >= 0.3 is 0 Å². The van der Waals surface area contributed by atoms with E-state index in [2.05, 4.69) is 59.9 Å². The Morgan fingerprint density at radius 1 is 0.567 bits per heavy atom. The van der Waals surface area contributed by atoms with Gasteiger partial charge in [-0.3, -0.25) is 19.6 Å². The Balaban J connectivity index is 0.943. The fourth-order valence-electron chi connectivity index (χ4n) is 8.51. The number of fused-ring (bicyclic) bond motifs is 4. The molecule has 6 heterocycles. The molecule has 0 fully saturated rings. The fraction of sp³-hybridized carbons (Fsp3) is 0.0566. The number of carbonyl (C=O) groups is 2. The molecule has 0 bridgehead atoms. The molecule has 0 radical (unpaired) electrons. The van der Waals surface area contributed by atoms with Crippen LogP contribution in [0.2, 0.25) is 0 Å². The Morgan fingerprint density at radius 3 is 1.36 bits per heavy atom. The molecule has 2 aliphatic heterocycles. The van der Waals surface area contributed by atoms with Crippen molar-refractivity contribution in [1.29, 1.82) is 10.5 Å². The average molecular weight is 971 g/mol. The van der Waals surface area contributed by atoms with E-state index in [-0.39, 0.29) is 23.0 Å². The van der Waals surface area contributed by atoms with Crippen LogP contribution in [-0.2, 0) is 0 Å². The number of nitriles is 2. The molecular formula is C53H26N6O2S6. The van der Waals surface area contributed by atoms with E-state index in [9.17, 15) is 20.1 Å². The SMILES string of the molecule is [C-]#[N+]/C(C#N)=C1\C(=C\c2ccc(-c3ccc(-c4c5c(c(-c6ccc(-c7ccc(/C=C8\C(=O)c9ccccc9\C8=C(\C#N)[N+]#[C-])s7)s6)c6c4=NCN=6)SC(=C(C)C)S5)s3)s2)C(=O)c2ccccc21. The molecule has 14 heteroatoms. The van der Waals surface area contributed by atoms with E-state index in [0.29, 0.717) is 51.2 Å². The molecule has 7 aromatic rings. The normalized spacial score (nSPS) is 17.0. The monoisotopic (exact) mass is 970 g/mol. The van der Waals surface area contributed by atoms with Crippen LogP contribution in [0.5, 0.6) is 0 Å². The third-order valence-corrected chi connectivity index (χ3v) is 19.2. The molecule has 4 aliphatic rings. The van der Waals surface area contributed by atoms with Crippen LogP contribution in [0, 0.1) is 35.8 Å². The lowest BCUT2D eigenvalue weighted by Gasteiger charge is -2.10. The summed E-state index contributed by atoms with van der Waals surface area (Å²) in [5, 5.41) is 21.4. The van der Waals surface area contributed by atoms with Gasteiger partial charge in [0.25, 0.3) is 11.4 Å². The van der Waals surface area contributed by atoms with Gasteiger partial charge < -0.3 is 0 Å². The Labute approximate surface area is 408 Å². The lowest BCUT2D eigenvalue weighted by Crippen LogP contribution is -2.27. The van der Waals surface area contributed by atoms with Crippen LogP contribution in [0.1, 0.15) is 55.4 Å². The van der Waals surface area contributed by atoms with E-state index in [1.54, 1.807) is 117 Å². The predicted molar refractivity (Wildman–Crippen MR) is 273 cm³/mol. The Morgan fingerprint density at radius 2 is 0.955 bits per heavy atom. The minimum atomic E-state index is -0.193. The Bertz CT molecular complexity index is 3630. The zero-order valence-corrected chi connectivity index (χ0v) is 39.9. The lowest BCUT2D eigenvalue weighted by molar-refractivity contribution is 0.103. The Hall–Kier alpha value is -7.24. The van der Waals surface area contributed by atoms with E-state index in [4.69, 9.17) is 23.1 Å².